The number of amides is 1. The van der Waals surface area contributed by atoms with Crippen molar-refractivity contribution in [2.75, 3.05) is 41.0 Å². The maximum Gasteiger partial charge on any atom is 0.221 e. The molecule has 0 aliphatic rings. The van der Waals surface area contributed by atoms with Gasteiger partial charge >= 0.3 is 0 Å². The van der Waals surface area contributed by atoms with Gasteiger partial charge in [-0.05, 0) is 6.07 Å². The molecular formula is C15H24N2O4. The Kier molecular flexibility index (Phi) is 8.23. The molecule has 0 aromatic heterocycles. The second-order valence-corrected chi connectivity index (χ2v) is 4.45. The van der Waals surface area contributed by atoms with Crippen LogP contribution in [0.3, 0.4) is 0 Å². The first-order chi connectivity index (χ1) is 10.2. The van der Waals surface area contributed by atoms with E-state index in [1.807, 2.05) is 18.2 Å². The quantitative estimate of drug-likeness (QED) is 0.629. The zero-order valence-corrected chi connectivity index (χ0v) is 12.9. The second kappa shape index (κ2) is 10.0. The summed E-state index contributed by atoms with van der Waals surface area (Å²) in [7, 11) is 4.85. The summed E-state index contributed by atoms with van der Waals surface area (Å²) in [6.07, 6.45) is 0.433. The maximum absolute atomic E-state index is 11.5. The van der Waals surface area contributed by atoms with Crippen molar-refractivity contribution in [3.8, 4) is 11.5 Å². The molecule has 1 amide bonds. The summed E-state index contributed by atoms with van der Waals surface area (Å²) in [6.45, 7) is 2.32. The molecule has 1 aromatic carbocycles. The SMILES string of the molecule is COCCNC(=O)CCNCc1ccc(OC)cc1OC. The third-order valence-electron chi connectivity index (χ3n) is 2.97. The number of carbonyl (C=O) groups is 1. The van der Waals surface area contributed by atoms with Crippen LogP contribution in [0.15, 0.2) is 18.2 Å². The van der Waals surface area contributed by atoms with Crippen LogP contribution in [0.5, 0.6) is 11.5 Å². The molecule has 0 saturated heterocycles. The van der Waals surface area contributed by atoms with Crippen molar-refractivity contribution in [3.63, 3.8) is 0 Å². The van der Waals surface area contributed by atoms with E-state index >= 15 is 0 Å². The molecule has 1 aromatic rings. The topological polar surface area (TPSA) is 68.8 Å². The third kappa shape index (κ3) is 6.46. The number of nitrogens with one attached hydrogen (secondary N) is 2. The van der Waals surface area contributed by atoms with Gasteiger partial charge in [-0.25, -0.2) is 0 Å². The van der Waals surface area contributed by atoms with Crippen molar-refractivity contribution in [1.29, 1.82) is 0 Å². The van der Waals surface area contributed by atoms with Gasteiger partial charge in [-0.3, -0.25) is 4.79 Å². The van der Waals surface area contributed by atoms with Crippen LogP contribution in [0.1, 0.15) is 12.0 Å². The Morgan fingerprint density at radius 2 is 1.95 bits per heavy atom. The lowest BCUT2D eigenvalue weighted by molar-refractivity contribution is -0.121. The molecule has 21 heavy (non-hydrogen) atoms. The highest BCUT2D eigenvalue weighted by Crippen LogP contribution is 2.24. The molecular weight excluding hydrogens is 272 g/mol. The molecule has 2 N–H and O–H groups in total. The van der Waals surface area contributed by atoms with E-state index in [-0.39, 0.29) is 5.91 Å². The summed E-state index contributed by atoms with van der Waals surface area (Å²) in [5, 5.41) is 6.00. The zero-order chi connectivity index (χ0) is 15.5. The lowest BCUT2D eigenvalue weighted by atomic mass is 10.2. The summed E-state index contributed by atoms with van der Waals surface area (Å²) in [5.74, 6) is 1.54. The van der Waals surface area contributed by atoms with Crippen LogP contribution in [0.25, 0.3) is 0 Å². The number of hydrogen-bond acceptors (Lipinski definition) is 5. The Labute approximate surface area is 125 Å². The predicted molar refractivity (Wildman–Crippen MR) is 80.8 cm³/mol. The summed E-state index contributed by atoms with van der Waals surface area (Å²) >= 11 is 0. The van der Waals surface area contributed by atoms with Crippen molar-refractivity contribution >= 4 is 5.91 Å². The van der Waals surface area contributed by atoms with E-state index < -0.39 is 0 Å². The summed E-state index contributed by atoms with van der Waals surface area (Å²) in [4.78, 5) is 11.5. The highest BCUT2D eigenvalue weighted by molar-refractivity contribution is 5.76. The van der Waals surface area contributed by atoms with Gasteiger partial charge in [-0.2, -0.15) is 0 Å². The highest BCUT2D eigenvalue weighted by atomic mass is 16.5. The summed E-state index contributed by atoms with van der Waals surface area (Å²) in [6, 6.07) is 5.68. The van der Waals surface area contributed by atoms with Crippen LogP contribution in [-0.2, 0) is 16.1 Å². The van der Waals surface area contributed by atoms with Crippen molar-refractivity contribution in [2.24, 2.45) is 0 Å². The Bertz CT molecular complexity index is 438. The lowest BCUT2D eigenvalue weighted by Crippen LogP contribution is -2.30. The van der Waals surface area contributed by atoms with E-state index in [1.165, 1.54) is 0 Å². The minimum absolute atomic E-state index is 0.0150. The molecule has 0 bridgehead atoms. The van der Waals surface area contributed by atoms with Crippen molar-refractivity contribution in [3.05, 3.63) is 23.8 Å². The molecule has 0 radical (unpaired) electrons. The van der Waals surface area contributed by atoms with Gasteiger partial charge < -0.3 is 24.8 Å². The van der Waals surface area contributed by atoms with Crippen molar-refractivity contribution in [1.82, 2.24) is 10.6 Å². The first kappa shape index (κ1) is 17.3. The van der Waals surface area contributed by atoms with Crippen molar-refractivity contribution < 1.29 is 19.0 Å². The molecule has 118 valence electrons. The molecule has 6 nitrogen and oxygen atoms in total. The molecule has 0 fully saturated rings. The fraction of sp³-hybridized carbons (Fsp3) is 0.533. The van der Waals surface area contributed by atoms with Gasteiger partial charge in [0.15, 0.2) is 0 Å². The number of carbonyl (C=O) groups excluding carboxylic acids is 1. The smallest absolute Gasteiger partial charge is 0.221 e. The van der Waals surface area contributed by atoms with Gasteiger partial charge in [0, 0.05) is 44.8 Å². The van der Waals surface area contributed by atoms with Gasteiger partial charge in [-0.15, -0.1) is 0 Å². The number of methoxy groups -OCH3 is 3. The normalized spacial score (nSPS) is 10.2. The van der Waals surface area contributed by atoms with Crippen LogP contribution in [0.4, 0.5) is 0 Å². The van der Waals surface area contributed by atoms with E-state index in [4.69, 9.17) is 14.2 Å². The average Bonchev–Trinajstić information content (AvgIpc) is 2.51. The van der Waals surface area contributed by atoms with Gasteiger partial charge in [0.2, 0.25) is 5.91 Å². The third-order valence-corrected chi connectivity index (χ3v) is 2.97. The first-order valence-electron chi connectivity index (χ1n) is 6.88. The molecule has 0 atom stereocenters. The Balaban J connectivity index is 2.30. The summed E-state index contributed by atoms with van der Waals surface area (Å²) < 4.78 is 15.3. The average molecular weight is 296 g/mol. The number of ether oxygens (including phenoxy) is 3. The lowest BCUT2D eigenvalue weighted by Gasteiger charge is -2.11. The molecule has 0 aliphatic heterocycles. The van der Waals surface area contributed by atoms with E-state index in [1.54, 1.807) is 21.3 Å². The molecule has 0 spiro atoms. The minimum atomic E-state index is 0.0150. The monoisotopic (exact) mass is 296 g/mol. The zero-order valence-electron chi connectivity index (χ0n) is 12.9. The fourth-order valence-corrected chi connectivity index (χ4v) is 1.80. The molecule has 0 heterocycles. The van der Waals surface area contributed by atoms with Crippen LogP contribution < -0.4 is 20.1 Å². The largest absolute Gasteiger partial charge is 0.497 e. The molecule has 1 rings (SSSR count). The van der Waals surface area contributed by atoms with Gasteiger partial charge in [0.05, 0.1) is 20.8 Å². The molecule has 0 unspecified atom stereocenters. The second-order valence-electron chi connectivity index (χ2n) is 4.45. The van der Waals surface area contributed by atoms with E-state index in [2.05, 4.69) is 10.6 Å². The Hall–Kier alpha value is -1.79. The van der Waals surface area contributed by atoms with E-state index in [9.17, 15) is 4.79 Å². The van der Waals surface area contributed by atoms with Crippen LogP contribution in [-0.4, -0.2) is 46.9 Å². The predicted octanol–water partition coefficient (Wildman–Crippen LogP) is 0.946. The van der Waals surface area contributed by atoms with Gasteiger partial charge in [0.1, 0.15) is 11.5 Å². The maximum atomic E-state index is 11.5. The number of hydrogen-bond donors (Lipinski definition) is 2. The molecule has 0 saturated carbocycles. The number of benzene rings is 1. The Morgan fingerprint density at radius 3 is 2.62 bits per heavy atom. The van der Waals surface area contributed by atoms with E-state index in [0.717, 1.165) is 17.1 Å². The van der Waals surface area contributed by atoms with E-state index in [0.29, 0.717) is 32.7 Å². The first-order valence-corrected chi connectivity index (χ1v) is 6.88. The number of rotatable bonds is 10. The highest BCUT2D eigenvalue weighted by Gasteiger charge is 2.05. The van der Waals surface area contributed by atoms with Gasteiger partial charge in [0.25, 0.3) is 0 Å². The summed E-state index contributed by atoms with van der Waals surface area (Å²) in [5.41, 5.74) is 1.03. The minimum Gasteiger partial charge on any atom is -0.497 e. The van der Waals surface area contributed by atoms with Crippen LogP contribution in [0.2, 0.25) is 0 Å². The van der Waals surface area contributed by atoms with Crippen LogP contribution >= 0.6 is 0 Å². The van der Waals surface area contributed by atoms with Crippen LogP contribution in [0, 0.1) is 0 Å². The standard InChI is InChI=1S/C15H24N2O4/c1-19-9-8-17-15(18)6-7-16-11-12-4-5-13(20-2)10-14(12)21-3/h4-5,10,16H,6-9,11H2,1-3H3,(H,17,18). The van der Waals surface area contributed by atoms with Gasteiger partial charge in [-0.1, -0.05) is 6.07 Å². The molecule has 0 aliphatic carbocycles. The Morgan fingerprint density at radius 1 is 1.14 bits per heavy atom. The fourth-order valence-electron chi connectivity index (χ4n) is 1.80. The van der Waals surface area contributed by atoms with Crippen molar-refractivity contribution in [2.45, 2.75) is 13.0 Å². The molecule has 6 heteroatoms.